The molecule has 3 aromatic rings. The molecule has 1 unspecified atom stereocenters. The number of carbonyl (C=O) groups excluding carboxylic acids is 1. The standard InChI is InChI=1S/C31H36N2O3/c1-22-15-27-18-24(9-11-30(27)36-22)20-32-31(34)26-10-12-29-28(19-26)17-23-7-6-8-25(16-23)21-33(2)13-4-3-5-14-35-29/h6-12,16,18-19,22H,3-5,13-15,17,20-21H2,1-2H3,(H,32,34). The van der Waals surface area contributed by atoms with Crippen molar-refractivity contribution in [1.82, 2.24) is 10.2 Å². The predicted octanol–water partition coefficient (Wildman–Crippen LogP) is 5.53. The van der Waals surface area contributed by atoms with Crippen LogP contribution in [-0.4, -0.2) is 37.1 Å². The number of carbonyl (C=O) groups is 1. The molecule has 0 saturated carbocycles. The Morgan fingerprint density at radius 1 is 0.972 bits per heavy atom. The molecule has 5 nitrogen and oxygen atoms in total. The highest BCUT2D eigenvalue weighted by molar-refractivity contribution is 5.94. The van der Waals surface area contributed by atoms with E-state index in [1.807, 2.05) is 30.3 Å². The fourth-order valence-electron chi connectivity index (χ4n) is 5.16. The van der Waals surface area contributed by atoms with Crippen LogP contribution in [0.2, 0.25) is 0 Å². The van der Waals surface area contributed by atoms with E-state index in [1.54, 1.807) is 0 Å². The van der Waals surface area contributed by atoms with E-state index >= 15 is 0 Å². The Labute approximate surface area is 214 Å². The van der Waals surface area contributed by atoms with Crippen LogP contribution < -0.4 is 14.8 Å². The van der Waals surface area contributed by atoms with Crippen LogP contribution in [0.1, 0.15) is 64.4 Å². The molecule has 36 heavy (non-hydrogen) atoms. The second kappa shape index (κ2) is 11.2. The van der Waals surface area contributed by atoms with Gasteiger partial charge in [0.15, 0.2) is 0 Å². The summed E-state index contributed by atoms with van der Waals surface area (Å²) in [5.41, 5.74) is 6.56. The molecule has 0 fully saturated rings. The first-order valence-electron chi connectivity index (χ1n) is 13.1. The summed E-state index contributed by atoms with van der Waals surface area (Å²) in [6.45, 7) is 5.31. The van der Waals surface area contributed by atoms with Gasteiger partial charge in [-0.25, -0.2) is 0 Å². The van der Waals surface area contributed by atoms with E-state index < -0.39 is 0 Å². The molecule has 2 aliphatic rings. The van der Waals surface area contributed by atoms with Gasteiger partial charge in [0.2, 0.25) is 0 Å². The Balaban J connectivity index is 1.32. The zero-order valence-electron chi connectivity index (χ0n) is 21.4. The van der Waals surface area contributed by atoms with Gasteiger partial charge in [0.1, 0.15) is 17.6 Å². The largest absolute Gasteiger partial charge is 0.493 e. The number of nitrogens with zero attached hydrogens (tertiary/aromatic N) is 1. The first kappa shape index (κ1) is 24.4. The number of ether oxygens (including phenoxy) is 2. The smallest absolute Gasteiger partial charge is 0.251 e. The average Bonchev–Trinajstić information content (AvgIpc) is 3.24. The van der Waals surface area contributed by atoms with E-state index in [0.717, 1.165) is 61.4 Å². The van der Waals surface area contributed by atoms with Gasteiger partial charge in [-0.1, -0.05) is 36.4 Å². The van der Waals surface area contributed by atoms with Gasteiger partial charge in [-0.15, -0.1) is 0 Å². The Morgan fingerprint density at radius 3 is 2.75 bits per heavy atom. The summed E-state index contributed by atoms with van der Waals surface area (Å²) in [5, 5.41) is 3.09. The summed E-state index contributed by atoms with van der Waals surface area (Å²) >= 11 is 0. The van der Waals surface area contributed by atoms with Gasteiger partial charge in [0.25, 0.3) is 5.91 Å². The van der Waals surface area contributed by atoms with Crippen LogP contribution in [0.15, 0.2) is 60.7 Å². The zero-order valence-corrected chi connectivity index (χ0v) is 21.4. The third-order valence-corrected chi connectivity index (χ3v) is 7.02. The SMILES string of the molecule is CC1Cc2cc(CNC(=O)c3ccc4c(c3)Cc3cccc(c3)CN(C)CCCCCO4)ccc2O1. The molecule has 0 aromatic heterocycles. The van der Waals surface area contributed by atoms with Crippen LogP contribution in [0.5, 0.6) is 11.5 Å². The van der Waals surface area contributed by atoms with E-state index in [0.29, 0.717) is 18.7 Å². The maximum absolute atomic E-state index is 13.1. The highest BCUT2D eigenvalue weighted by Gasteiger charge is 2.19. The first-order valence-corrected chi connectivity index (χ1v) is 13.1. The molecule has 1 amide bonds. The highest BCUT2D eigenvalue weighted by Crippen LogP contribution is 2.29. The van der Waals surface area contributed by atoms with Gasteiger partial charge >= 0.3 is 0 Å². The van der Waals surface area contributed by atoms with E-state index in [1.165, 1.54) is 23.1 Å². The summed E-state index contributed by atoms with van der Waals surface area (Å²) in [6, 6.07) is 20.8. The molecule has 5 heteroatoms. The normalized spacial score (nSPS) is 18.2. The fraction of sp³-hybridized carbons (Fsp3) is 0.387. The van der Waals surface area contributed by atoms with E-state index in [4.69, 9.17) is 9.47 Å². The molecule has 0 radical (unpaired) electrons. The minimum Gasteiger partial charge on any atom is -0.493 e. The molecular formula is C31H36N2O3. The summed E-state index contributed by atoms with van der Waals surface area (Å²) < 4.78 is 12.0. The lowest BCUT2D eigenvalue weighted by Gasteiger charge is -2.19. The van der Waals surface area contributed by atoms with Gasteiger partial charge in [0, 0.05) is 31.5 Å². The second-order valence-electron chi connectivity index (χ2n) is 10.2. The maximum Gasteiger partial charge on any atom is 0.251 e. The molecule has 188 valence electrons. The lowest BCUT2D eigenvalue weighted by molar-refractivity contribution is 0.0950. The summed E-state index contributed by atoms with van der Waals surface area (Å²) in [7, 11) is 2.19. The quantitative estimate of drug-likeness (QED) is 0.531. The zero-order chi connectivity index (χ0) is 24.9. The number of hydrogen-bond acceptors (Lipinski definition) is 4. The topological polar surface area (TPSA) is 50.8 Å². The second-order valence-corrected chi connectivity index (χ2v) is 10.2. The van der Waals surface area contributed by atoms with Gasteiger partial charge in [-0.3, -0.25) is 4.79 Å². The van der Waals surface area contributed by atoms with Crippen molar-refractivity contribution in [2.75, 3.05) is 20.2 Å². The minimum absolute atomic E-state index is 0.0716. The fourth-order valence-corrected chi connectivity index (χ4v) is 5.16. The lowest BCUT2D eigenvalue weighted by atomic mass is 9.99. The molecule has 2 aliphatic heterocycles. The van der Waals surface area contributed by atoms with Crippen molar-refractivity contribution in [2.24, 2.45) is 0 Å². The van der Waals surface area contributed by atoms with Crippen molar-refractivity contribution in [3.63, 3.8) is 0 Å². The number of rotatable bonds is 3. The monoisotopic (exact) mass is 484 g/mol. The van der Waals surface area contributed by atoms with Crippen LogP contribution in [0.25, 0.3) is 0 Å². The number of hydrogen-bond donors (Lipinski definition) is 1. The van der Waals surface area contributed by atoms with Crippen LogP contribution in [-0.2, 0) is 25.9 Å². The van der Waals surface area contributed by atoms with E-state index in [9.17, 15) is 4.79 Å². The third kappa shape index (κ3) is 6.08. The molecule has 2 heterocycles. The summed E-state index contributed by atoms with van der Waals surface area (Å²) in [6.07, 6.45) is 5.21. The van der Waals surface area contributed by atoms with Crippen molar-refractivity contribution >= 4 is 5.91 Å². The summed E-state index contributed by atoms with van der Waals surface area (Å²) in [5.74, 6) is 1.76. The van der Waals surface area contributed by atoms with E-state index in [2.05, 4.69) is 54.5 Å². The predicted molar refractivity (Wildman–Crippen MR) is 143 cm³/mol. The molecule has 0 saturated heterocycles. The number of nitrogens with one attached hydrogen (secondary N) is 1. The van der Waals surface area contributed by atoms with Crippen LogP contribution in [0.4, 0.5) is 0 Å². The molecule has 1 atom stereocenters. The van der Waals surface area contributed by atoms with Crippen molar-refractivity contribution in [1.29, 1.82) is 0 Å². The van der Waals surface area contributed by atoms with Gasteiger partial charge < -0.3 is 19.7 Å². The Bertz CT molecular complexity index is 1220. The van der Waals surface area contributed by atoms with Crippen molar-refractivity contribution in [2.45, 2.75) is 58.2 Å². The maximum atomic E-state index is 13.1. The Hall–Kier alpha value is -3.31. The van der Waals surface area contributed by atoms with Gasteiger partial charge in [-0.05, 0) is 91.9 Å². The van der Waals surface area contributed by atoms with E-state index in [-0.39, 0.29) is 12.0 Å². The van der Waals surface area contributed by atoms with Crippen molar-refractivity contribution in [3.8, 4) is 11.5 Å². The van der Waals surface area contributed by atoms with Gasteiger partial charge in [-0.2, -0.15) is 0 Å². The number of amides is 1. The molecule has 3 aromatic carbocycles. The van der Waals surface area contributed by atoms with Crippen LogP contribution in [0.3, 0.4) is 0 Å². The molecule has 5 rings (SSSR count). The lowest BCUT2D eigenvalue weighted by Crippen LogP contribution is -2.23. The number of benzene rings is 3. The Morgan fingerprint density at radius 2 is 1.83 bits per heavy atom. The third-order valence-electron chi connectivity index (χ3n) is 7.02. The Kier molecular flexibility index (Phi) is 7.57. The summed E-state index contributed by atoms with van der Waals surface area (Å²) in [4.78, 5) is 15.5. The molecule has 1 N–H and O–H groups in total. The molecular weight excluding hydrogens is 448 g/mol. The highest BCUT2D eigenvalue weighted by atomic mass is 16.5. The van der Waals surface area contributed by atoms with Crippen molar-refractivity contribution < 1.29 is 14.3 Å². The van der Waals surface area contributed by atoms with Crippen LogP contribution >= 0.6 is 0 Å². The number of fused-ring (bicyclic) bond motifs is 4. The first-order chi connectivity index (χ1) is 17.5. The average molecular weight is 485 g/mol. The van der Waals surface area contributed by atoms with Gasteiger partial charge in [0.05, 0.1) is 6.61 Å². The molecule has 0 aliphatic carbocycles. The van der Waals surface area contributed by atoms with Crippen molar-refractivity contribution in [3.05, 3.63) is 94.0 Å². The molecule has 0 spiro atoms. The minimum atomic E-state index is -0.0716. The molecule has 2 bridgehead atoms. The van der Waals surface area contributed by atoms with Crippen LogP contribution in [0, 0.1) is 0 Å².